The lowest BCUT2D eigenvalue weighted by atomic mass is 10.2. The summed E-state index contributed by atoms with van der Waals surface area (Å²) >= 11 is 0. The van der Waals surface area contributed by atoms with E-state index in [9.17, 15) is 4.79 Å². The Hall–Kier alpha value is -1.58. The fraction of sp³-hybridized carbons (Fsp3) is 0.500. The van der Waals surface area contributed by atoms with E-state index in [2.05, 4.69) is 10.4 Å². The second-order valence-corrected chi connectivity index (χ2v) is 3.63. The van der Waals surface area contributed by atoms with Crippen molar-refractivity contribution in [3.63, 3.8) is 0 Å². The smallest absolute Gasteiger partial charge is 0.254 e. The Morgan fingerprint density at radius 3 is 3.00 bits per heavy atom. The number of aromatic nitrogens is 2. The van der Waals surface area contributed by atoms with Gasteiger partial charge in [-0.1, -0.05) is 19.1 Å². The molecule has 0 fully saturated rings. The summed E-state index contributed by atoms with van der Waals surface area (Å²) in [5.41, 5.74) is 1.54. The molecule has 1 amide bonds. The molecule has 1 N–H and O–H groups in total. The zero-order valence-electron chi connectivity index (χ0n) is 10.2. The van der Waals surface area contributed by atoms with E-state index in [-0.39, 0.29) is 5.91 Å². The van der Waals surface area contributed by atoms with Crippen LogP contribution in [0, 0.1) is 0 Å². The number of allylic oxidation sites excluding steroid dienone is 1. The van der Waals surface area contributed by atoms with Crippen molar-refractivity contribution in [1.29, 1.82) is 0 Å². The van der Waals surface area contributed by atoms with E-state index < -0.39 is 0 Å². The summed E-state index contributed by atoms with van der Waals surface area (Å²) in [5, 5.41) is 7.11. The largest absolute Gasteiger partial charge is 0.352 e. The van der Waals surface area contributed by atoms with Crippen LogP contribution in [0.25, 0.3) is 0 Å². The summed E-state index contributed by atoms with van der Waals surface area (Å²) in [6.07, 6.45) is 7.42. The fourth-order valence-electron chi connectivity index (χ4n) is 1.52. The number of carbonyl (C=O) groups excluding carboxylic acids is 1. The van der Waals surface area contributed by atoms with E-state index in [0.717, 1.165) is 18.5 Å². The average Bonchev–Trinajstić information content (AvgIpc) is 2.65. The highest BCUT2D eigenvalue weighted by Crippen LogP contribution is 2.06. The van der Waals surface area contributed by atoms with Crippen LogP contribution in [-0.2, 0) is 13.5 Å². The third kappa shape index (κ3) is 3.22. The van der Waals surface area contributed by atoms with Crippen LogP contribution in [0.5, 0.6) is 0 Å². The number of aryl methyl sites for hydroxylation is 2. The van der Waals surface area contributed by atoms with Gasteiger partial charge >= 0.3 is 0 Å². The molecule has 4 heteroatoms. The van der Waals surface area contributed by atoms with Crippen LogP contribution in [0.4, 0.5) is 0 Å². The topological polar surface area (TPSA) is 46.9 Å². The second-order valence-electron chi connectivity index (χ2n) is 3.63. The van der Waals surface area contributed by atoms with Crippen molar-refractivity contribution in [1.82, 2.24) is 15.1 Å². The highest BCUT2D eigenvalue weighted by molar-refractivity contribution is 5.95. The van der Waals surface area contributed by atoms with Gasteiger partial charge in [0, 0.05) is 19.8 Å². The lowest BCUT2D eigenvalue weighted by Gasteiger charge is -2.02. The normalized spacial score (nSPS) is 10.9. The number of hydrogen-bond donors (Lipinski definition) is 1. The van der Waals surface area contributed by atoms with Gasteiger partial charge in [0.2, 0.25) is 0 Å². The summed E-state index contributed by atoms with van der Waals surface area (Å²) in [5.74, 6) is -0.0329. The van der Waals surface area contributed by atoms with Crippen molar-refractivity contribution in [2.45, 2.75) is 26.7 Å². The van der Waals surface area contributed by atoms with Crippen molar-refractivity contribution < 1.29 is 4.79 Å². The number of rotatable bonds is 5. The summed E-state index contributed by atoms with van der Waals surface area (Å²) < 4.78 is 1.68. The third-order valence-corrected chi connectivity index (χ3v) is 2.32. The Bertz CT molecular complexity index is 380. The maximum Gasteiger partial charge on any atom is 0.254 e. The molecule has 0 bridgehead atoms. The minimum Gasteiger partial charge on any atom is -0.352 e. The molecule has 4 nitrogen and oxygen atoms in total. The van der Waals surface area contributed by atoms with Crippen molar-refractivity contribution in [2.75, 3.05) is 6.54 Å². The standard InChI is InChI=1S/C12H19N3O/c1-4-6-7-8-13-12(16)10-9-15(3)14-11(10)5-2/h4,6,9H,5,7-8H2,1-3H3,(H,13,16)/b6-4+. The zero-order chi connectivity index (χ0) is 12.0. The fourth-order valence-corrected chi connectivity index (χ4v) is 1.52. The van der Waals surface area contributed by atoms with Gasteiger partial charge < -0.3 is 5.32 Å². The Kier molecular flexibility index (Phi) is 4.76. The number of hydrogen-bond acceptors (Lipinski definition) is 2. The van der Waals surface area contributed by atoms with Crippen LogP contribution in [0.1, 0.15) is 36.3 Å². The average molecular weight is 221 g/mol. The molecule has 0 aromatic carbocycles. The van der Waals surface area contributed by atoms with Gasteiger partial charge in [0.1, 0.15) is 0 Å². The summed E-state index contributed by atoms with van der Waals surface area (Å²) in [6.45, 7) is 4.64. The Labute approximate surface area is 96.3 Å². The van der Waals surface area contributed by atoms with Crippen molar-refractivity contribution in [3.8, 4) is 0 Å². The van der Waals surface area contributed by atoms with Crippen molar-refractivity contribution >= 4 is 5.91 Å². The minimum atomic E-state index is -0.0329. The van der Waals surface area contributed by atoms with E-state index in [1.165, 1.54) is 0 Å². The molecular formula is C12H19N3O. The molecule has 0 saturated carbocycles. The molecule has 1 rings (SSSR count). The van der Waals surface area contributed by atoms with E-state index in [1.807, 2.05) is 33.0 Å². The molecule has 88 valence electrons. The van der Waals surface area contributed by atoms with Crippen LogP contribution < -0.4 is 5.32 Å². The Balaban J connectivity index is 2.58. The molecule has 0 aliphatic heterocycles. The van der Waals surface area contributed by atoms with Gasteiger partial charge in [-0.05, 0) is 19.8 Å². The molecule has 1 aromatic heterocycles. The molecule has 0 aliphatic carbocycles. The first-order valence-electron chi connectivity index (χ1n) is 5.60. The predicted molar refractivity (Wildman–Crippen MR) is 64.4 cm³/mol. The molecule has 1 aromatic rings. The maximum atomic E-state index is 11.8. The van der Waals surface area contributed by atoms with Crippen LogP contribution in [0.2, 0.25) is 0 Å². The molecule has 16 heavy (non-hydrogen) atoms. The molecule has 1 heterocycles. The van der Waals surface area contributed by atoms with Gasteiger partial charge in [-0.2, -0.15) is 5.10 Å². The molecule has 0 unspecified atom stereocenters. The quantitative estimate of drug-likeness (QED) is 0.607. The van der Waals surface area contributed by atoms with Gasteiger partial charge in [-0.15, -0.1) is 0 Å². The maximum absolute atomic E-state index is 11.8. The summed E-state index contributed by atoms with van der Waals surface area (Å²) in [4.78, 5) is 11.8. The summed E-state index contributed by atoms with van der Waals surface area (Å²) in [6, 6.07) is 0. The van der Waals surface area contributed by atoms with Crippen molar-refractivity contribution in [3.05, 3.63) is 29.6 Å². The zero-order valence-corrected chi connectivity index (χ0v) is 10.2. The molecule has 0 aliphatic rings. The first-order chi connectivity index (χ1) is 7.69. The van der Waals surface area contributed by atoms with Crippen LogP contribution in [-0.4, -0.2) is 22.2 Å². The molecule has 0 saturated heterocycles. The Morgan fingerprint density at radius 1 is 1.62 bits per heavy atom. The molecule has 0 spiro atoms. The van der Waals surface area contributed by atoms with E-state index in [1.54, 1.807) is 10.9 Å². The van der Waals surface area contributed by atoms with Crippen LogP contribution in [0.15, 0.2) is 18.3 Å². The van der Waals surface area contributed by atoms with Gasteiger partial charge in [0.15, 0.2) is 0 Å². The first-order valence-corrected chi connectivity index (χ1v) is 5.60. The number of nitrogens with zero attached hydrogens (tertiary/aromatic N) is 2. The van der Waals surface area contributed by atoms with Crippen molar-refractivity contribution in [2.24, 2.45) is 7.05 Å². The second kappa shape index (κ2) is 6.10. The lowest BCUT2D eigenvalue weighted by molar-refractivity contribution is 0.0953. The van der Waals surface area contributed by atoms with E-state index >= 15 is 0 Å². The minimum absolute atomic E-state index is 0.0329. The van der Waals surface area contributed by atoms with Gasteiger partial charge in [0.25, 0.3) is 5.91 Å². The number of carbonyl (C=O) groups is 1. The van der Waals surface area contributed by atoms with Gasteiger partial charge in [-0.3, -0.25) is 9.48 Å². The van der Waals surface area contributed by atoms with Gasteiger partial charge in [0.05, 0.1) is 11.3 Å². The summed E-state index contributed by atoms with van der Waals surface area (Å²) in [7, 11) is 1.83. The molecule has 0 atom stereocenters. The highest BCUT2D eigenvalue weighted by Gasteiger charge is 2.12. The van der Waals surface area contributed by atoms with E-state index in [4.69, 9.17) is 0 Å². The molecule has 0 radical (unpaired) electrons. The van der Waals surface area contributed by atoms with Crippen LogP contribution >= 0.6 is 0 Å². The monoisotopic (exact) mass is 221 g/mol. The third-order valence-electron chi connectivity index (χ3n) is 2.32. The SMILES string of the molecule is C/C=C/CCNC(=O)c1cn(C)nc1CC. The predicted octanol–water partition coefficient (Wildman–Crippen LogP) is 1.68. The molecular weight excluding hydrogens is 202 g/mol. The first kappa shape index (κ1) is 12.5. The number of amides is 1. The Morgan fingerprint density at radius 2 is 2.38 bits per heavy atom. The lowest BCUT2D eigenvalue weighted by Crippen LogP contribution is -2.24. The van der Waals surface area contributed by atoms with Crippen LogP contribution in [0.3, 0.4) is 0 Å². The van der Waals surface area contributed by atoms with Gasteiger partial charge in [-0.25, -0.2) is 0 Å². The number of nitrogens with one attached hydrogen (secondary N) is 1. The van der Waals surface area contributed by atoms with E-state index in [0.29, 0.717) is 12.1 Å². The highest BCUT2D eigenvalue weighted by atomic mass is 16.1.